The van der Waals surface area contributed by atoms with Crippen molar-refractivity contribution in [1.82, 2.24) is 5.32 Å². The number of nitrogens with one attached hydrogen (secondary N) is 1. The monoisotopic (exact) mass is 213 g/mol. The van der Waals surface area contributed by atoms with Crippen molar-refractivity contribution in [3.05, 3.63) is 0 Å². The third-order valence-electron chi connectivity index (χ3n) is 3.59. The molecule has 0 spiro atoms. The van der Waals surface area contributed by atoms with Crippen molar-refractivity contribution in [2.75, 3.05) is 6.54 Å². The lowest BCUT2D eigenvalue weighted by molar-refractivity contribution is 0.323. The van der Waals surface area contributed by atoms with Crippen molar-refractivity contribution in [1.29, 1.82) is 0 Å². The molecule has 1 heterocycles. The van der Waals surface area contributed by atoms with Gasteiger partial charge in [-0.3, -0.25) is 0 Å². The summed E-state index contributed by atoms with van der Waals surface area (Å²) in [6, 6.07) is 0. The normalized spacial score (nSPS) is 35.8. The minimum absolute atomic E-state index is 0.766. The molecule has 2 aliphatic rings. The van der Waals surface area contributed by atoms with E-state index >= 15 is 0 Å². The van der Waals surface area contributed by atoms with Crippen LogP contribution in [0.15, 0.2) is 0 Å². The molecular weight excluding hydrogens is 190 g/mol. The predicted molar refractivity (Wildman–Crippen MR) is 64.7 cm³/mol. The molecule has 1 saturated heterocycles. The minimum Gasteiger partial charge on any atom is -0.305 e. The summed E-state index contributed by atoms with van der Waals surface area (Å²) in [6.07, 6.45) is 10.2. The molecule has 1 saturated carbocycles. The second-order valence-corrected chi connectivity index (χ2v) is 6.56. The van der Waals surface area contributed by atoms with Crippen LogP contribution < -0.4 is 5.32 Å². The Morgan fingerprint density at radius 2 is 1.93 bits per heavy atom. The van der Waals surface area contributed by atoms with Crippen molar-refractivity contribution < 1.29 is 0 Å². The van der Waals surface area contributed by atoms with Crippen molar-refractivity contribution in [2.24, 2.45) is 5.92 Å². The second kappa shape index (κ2) is 5.41. The van der Waals surface area contributed by atoms with Crippen LogP contribution in [0.1, 0.15) is 51.9 Å². The molecule has 0 aromatic rings. The zero-order valence-electron chi connectivity index (χ0n) is 9.30. The topological polar surface area (TPSA) is 12.0 Å². The van der Waals surface area contributed by atoms with Gasteiger partial charge in [0.15, 0.2) is 0 Å². The molecule has 82 valence electrons. The van der Waals surface area contributed by atoms with Crippen LogP contribution >= 0.6 is 11.8 Å². The summed E-state index contributed by atoms with van der Waals surface area (Å²) in [4.78, 5) is 0. The van der Waals surface area contributed by atoms with Crippen molar-refractivity contribution in [2.45, 2.75) is 62.5 Å². The SMILES string of the molecule is CC1CCNC(CC2CCCCC2)S1. The average Bonchev–Trinajstić information content (AvgIpc) is 2.19. The van der Waals surface area contributed by atoms with E-state index in [1.807, 2.05) is 0 Å². The highest BCUT2D eigenvalue weighted by Gasteiger charge is 2.23. The number of rotatable bonds is 2. The van der Waals surface area contributed by atoms with Gasteiger partial charge in [-0.15, -0.1) is 11.8 Å². The molecule has 1 aliphatic carbocycles. The van der Waals surface area contributed by atoms with E-state index in [-0.39, 0.29) is 0 Å². The molecule has 2 rings (SSSR count). The number of thioether (sulfide) groups is 1. The first-order chi connectivity index (χ1) is 6.84. The smallest absolute Gasteiger partial charge is 0.0537 e. The number of hydrogen-bond acceptors (Lipinski definition) is 2. The van der Waals surface area contributed by atoms with Crippen molar-refractivity contribution >= 4 is 11.8 Å². The molecular formula is C12H23NS. The average molecular weight is 213 g/mol. The summed E-state index contributed by atoms with van der Waals surface area (Å²) in [5.41, 5.74) is 0. The summed E-state index contributed by atoms with van der Waals surface area (Å²) >= 11 is 2.17. The van der Waals surface area contributed by atoms with Gasteiger partial charge in [-0.1, -0.05) is 39.0 Å². The predicted octanol–water partition coefficient (Wildman–Crippen LogP) is 3.40. The second-order valence-electron chi connectivity index (χ2n) is 4.92. The first kappa shape index (κ1) is 10.8. The summed E-state index contributed by atoms with van der Waals surface area (Å²) in [6.45, 7) is 3.62. The highest BCUT2D eigenvalue weighted by molar-refractivity contribution is 8.00. The van der Waals surface area contributed by atoms with Crippen LogP contribution in [0.5, 0.6) is 0 Å². The molecule has 2 atom stereocenters. The molecule has 0 aromatic carbocycles. The van der Waals surface area contributed by atoms with Gasteiger partial charge in [0.05, 0.1) is 5.37 Å². The molecule has 2 unspecified atom stereocenters. The van der Waals surface area contributed by atoms with E-state index < -0.39 is 0 Å². The summed E-state index contributed by atoms with van der Waals surface area (Å²) in [7, 11) is 0. The molecule has 2 heteroatoms. The molecule has 1 N–H and O–H groups in total. The van der Waals surface area contributed by atoms with Gasteiger partial charge in [-0.2, -0.15) is 0 Å². The van der Waals surface area contributed by atoms with Gasteiger partial charge in [0, 0.05) is 5.25 Å². The van der Waals surface area contributed by atoms with Crippen LogP contribution in [0.3, 0.4) is 0 Å². The third kappa shape index (κ3) is 3.16. The lowest BCUT2D eigenvalue weighted by Crippen LogP contribution is -2.36. The zero-order chi connectivity index (χ0) is 9.80. The summed E-state index contributed by atoms with van der Waals surface area (Å²) in [5, 5.41) is 5.30. The molecule has 0 bridgehead atoms. The van der Waals surface area contributed by atoms with Crippen LogP contribution in [0.2, 0.25) is 0 Å². The van der Waals surface area contributed by atoms with Gasteiger partial charge in [0.2, 0.25) is 0 Å². The Kier molecular flexibility index (Phi) is 4.18. The highest BCUT2D eigenvalue weighted by atomic mass is 32.2. The van der Waals surface area contributed by atoms with Crippen LogP contribution in [-0.4, -0.2) is 17.2 Å². The van der Waals surface area contributed by atoms with Gasteiger partial charge in [-0.05, 0) is 25.3 Å². The maximum Gasteiger partial charge on any atom is 0.0537 e. The van der Waals surface area contributed by atoms with Crippen LogP contribution in [-0.2, 0) is 0 Å². The Balaban J connectivity index is 1.72. The molecule has 0 aromatic heterocycles. The lowest BCUT2D eigenvalue weighted by Gasteiger charge is -2.32. The Morgan fingerprint density at radius 1 is 1.14 bits per heavy atom. The van der Waals surface area contributed by atoms with E-state index in [0.29, 0.717) is 0 Å². The highest BCUT2D eigenvalue weighted by Crippen LogP contribution is 2.33. The summed E-state index contributed by atoms with van der Waals surface area (Å²) in [5.74, 6) is 1.03. The van der Waals surface area contributed by atoms with Crippen LogP contribution in [0.25, 0.3) is 0 Å². The fraction of sp³-hybridized carbons (Fsp3) is 1.00. The molecule has 14 heavy (non-hydrogen) atoms. The third-order valence-corrected chi connectivity index (χ3v) is 4.98. The lowest BCUT2D eigenvalue weighted by atomic mass is 9.87. The van der Waals surface area contributed by atoms with E-state index in [0.717, 1.165) is 16.5 Å². The Bertz CT molecular complexity index is 166. The van der Waals surface area contributed by atoms with Crippen LogP contribution in [0.4, 0.5) is 0 Å². The molecule has 0 radical (unpaired) electrons. The standard InChI is InChI=1S/C12H23NS/c1-10-7-8-13-12(14-10)9-11-5-3-2-4-6-11/h10-13H,2-9H2,1H3. The number of hydrogen-bond donors (Lipinski definition) is 1. The molecule has 1 nitrogen and oxygen atoms in total. The Morgan fingerprint density at radius 3 is 2.64 bits per heavy atom. The Labute approximate surface area is 92.4 Å². The first-order valence-corrected chi connectivity index (χ1v) is 7.18. The van der Waals surface area contributed by atoms with Gasteiger partial charge < -0.3 is 5.32 Å². The van der Waals surface area contributed by atoms with E-state index in [4.69, 9.17) is 0 Å². The van der Waals surface area contributed by atoms with Crippen LogP contribution in [0, 0.1) is 5.92 Å². The maximum atomic E-state index is 3.66. The van der Waals surface area contributed by atoms with Crippen molar-refractivity contribution in [3.8, 4) is 0 Å². The summed E-state index contributed by atoms with van der Waals surface area (Å²) < 4.78 is 0. The van der Waals surface area contributed by atoms with Gasteiger partial charge in [0.25, 0.3) is 0 Å². The van der Waals surface area contributed by atoms with E-state index in [2.05, 4.69) is 24.0 Å². The van der Waals surface area contributed by atoms with E-state index in [1.54, 1.807) is 0 Å². The molecule has 2 fully saturated rings. The molecule has 1 aliphatic heterocycles. The fourth-order valence-electron chi connectivity index (χ4n) is 2.71. The van der Waals surface area contributed by atoms with Gasteiger partial charge in [-0.25, -0.2) is 0 Å². The molecule has 0 amide bonds. The quantitative estimate of drug-likeness (QED) is 0.754. The van der Waals surface area contributed by atoms with Crippen molar-refractivity contribution in [3.63, 3.8) is 0 Å². The van der Waals surface area contributed by atoms with Gasteiger partial charge in [0.1, 0.15) is 0 Å². The Hall–Kier alpha value is 0.310. The maximum absolute atomic E-state index is 3.66. The first-order valence-electron chi connectivity index (χ1n) is 6.23. The van der Waals surface area contributed by atoms with E-state index in [1.165, 1.54) is 51.5 Å². The minimum atomic E-state index is 0.766. The zero-order valence-corrected chi connectivity index (χ0v) is 10.1. The fourth-order valence-corrected chi connectivity index (χ4v) is 4.12. The van der Waals surface area contributed by atoms with E-state index in [9.17, 15) is 0 Å². The largest absolute Gasteiger partial charge is 0.305 e. The van der Waals surface area contributed by atoms with Gasteiger partial charge >= 0.3 is 0 Å².